The molecule has 1 spiro atoms. The standard InChI is InChI=1S/C53H33N3S/c1-2-14-34(15-3-1)50-54-51(56-52(55-50)39-31-36-19-10-16-33-17-11-20-37(32-39)48(33)36)38-21-12-18-35(30-38)40-24-13-28-46-49(40)57-47-29-9-8-27-45(47)53(46)43-25-6-4-22-41(43)42-23-5-7-26-44(42)53/h1-16,18-32H,17H2. The number of rotatable bonds is 4. The minimum atomic E-state index is -0.430. The Labute approximate surface area is 335 Å². The Bertz CT molecular complexity index is 3100. The Morgan fingerprint density at radius 1 is 0.439 bits per heavy atom. The van der Waals surface area contributed by atoms with Crippen LogP contribution in [0.1, 0.15) is 33.4 Å². The van der Waals surface area contributed by atoms with Crippen molar-refractivity contribution in [2.45, 2.75) is 21.6 Å². The molecule has 0 saturated heterocycles. The third-order valence-corrected chi connectivity index (χ3v) is 13.2. The van der Waals surface area contributed by atoms with E-state index in [-0.39, 0.29) is 0 Å². The molecule has 8 aromatic carbocycles. The lowest BCUT2D eigenvalue weighted by molar-refractivity contribution is 0.723. The third-order valence-electron chi connectivity index (χ3n) is 12.0. The maximum Gasteiger partial charge on any atom is 0.164 e. The minimum Gasteiger partial charge on any atom is -0.208 e. The van der Waals surface area contributed by atoms with Gasteiger partial charge in [0, 0.05) is 26.5 Å². The van der Waals surface area contributed by atoms with Gasteiger partial charge in [-0.15, -0.1) is 0 Å². The number of hydrogen-bond acceptors (Lipinski definition) is 4. The van der Waals surface area contributed by atoms with Gasteiger partial charge >= 0.3 is 0 Å². The van der Waals surface area contributed by atoms with E-state index < -0.39 is 5.41 Å². The molecule has 9 aromatic rings. The number of benzene rings is 8. The summed E-state index contributed by atoms with van der Waals surface area (Å²) in [5.41, 5.74) is 15.3. The van der Waals surface area contributed by atoms with Crippen LogP contribution in [-0.2, 0) is 11.8 Å². The smallest absolute Gasteiger partial charge is 0.164 e. The summed E-state index contributed by atoms with van der Waals surface area (Å²) in [6.45, 7) is 0. The van der Waals surface area contributed by atoms with Gasteiger partial charge in [0.2, 0.25) is 0 Å². The van der Waals surface area contributed by atoms with Crippen LogP contribution in [0.4, 0.5) is 0 Å². The molecule has 3 aliphatic rings. The molecule has 0 fully saturated rings. The van der Waals surface area contributed by atoms with Gasteiger partial charge in [-0.1, -0.05) is 176 Å². The first kappa shape index (κ1) is 32.4. The van der Waals surface area contributed by atoms with Crippen LogP contribution >= 0.6 is 11.8 Å². The molecule has 3 nitrogen and oxygen atoms in total. The van der Waals surface area contributed by atoms with E-state index in [0.717, 1.165) is 28.7 Å². The fraction of sp³-hybridized carbons (Fsp3) is 0.0377. The summed E-state index contributed by atoms with van der Waals surface area (Å²) in [5.74, 6) is 1.97. The van der Waals surface area contributed by atoms with Crippen molar-refractivity contribution >= 4 is 28.6 Å². The third kappa shape index (κ3) is 4.84. The minimum absolute atomic E-state index is 0.430. The van der Waals surface area contributed by atoms with E-state index >= 15 is 0 Å². The van der Waals surface area contributed by atoms with Crippen molar-refractivity contribution in [3.63, 3.8) is 0 Å². The highest BCUT2D eigenvalue weighted by molar-refractivity contribution is 7.99. The topological polar surface area (TPSA) is 38.7 Å². The van der Waals surface area contributed by atoms with Crippen LogP contribution in [0.5, 0.6) is 0 Å². The summed E-state index contributed by atoms with van der Waals surface area (Å²) in [4.78, 5) is 18.0. The predicted molar refractivity (Wildman–Crippen MR) is 233 cm³/mol. The molecule has 0 N–H and O–H groups in total. The zero-order valence-corrected chi connectivity index (χ0v) is 31.7. The van der Waals surface area contributed by atoms with Crippen molar-refractivity contribution in [3.8, 4) is 56.4 Å². The van der Waals surface area contributed by atoms with Gasteiger partial charge in [-0.25, -0.2) is 15.0 Å². The summed E-state index contributed by atoms with van der Waals surface area (Å²) in [5, 5.41) is 2.51. The fourth-order valence-corrected chi connectivity index (χ4v) is 10.9. The van der Waals surface area contributed by atoms with E-state index in [1.54, 1.807) is 0 Å². The van der Waals surface area contributed by atoms with E-state index in [4.69, 9.17) is 15.0 Å². The van der Waals surface area contributed by atoms with Gasteiger partial charge in [-0.3, -0.25) is 0 Å². The summed E-state index contributed by atoms with van der Waals surface area (Å²) in [6, 6.07) is 63.8. The maximum absolute atomic E-state index is 5.23. The molecule has 266 valence electrons. The molecule has 0 unspecified atom stereocenters. The second-order valence-electron chi connectivity index (χ2n) is 15.1. The van der Waals surface area contributed by atoms with Crippen molar-refractivity contribution < 1.29 is 0 Å². The Kier molecular flexibility index (Phi) is 7.14. The van der Waals surface area contributed by atoms with Gasteiger partial charge in [0.25, 0.3) is 0 Å². The van der Waals surface area contributed by atoms with Crippen molar-refractivity contribution in [2.24, 2.45) is 0 Å². The molecule has 4 heteroatoms. The first-order valence-corrected chi connectivity index (χ1v) is 20.3. The summed E-state index contributed by atoms with van der Waals surface area (Å²) in [7, 11) is 0. The zero-order chi connectivity index (χ0) is 37.5. The number of allylic oxidation sites excluding steroid dienone is 1. The average Bonchev–Trinajstić information content (AvgIpc) is 3.57. The molecule has 57 heavy (non-hydrogen) atoms. The molecule has 0 bridgehead atoms. The highest BCUT2D eigenvalue weighted by Gasteiger charge is 2.50. The molecular formula is C53H33N3S. The number of fused-ring (bicyclic) bond motifs is 9. The quantitative estimate of drug-likeness (QED) is 0.180. The summed E-state index contributed by atoms with van der Waals surface area (Å²) >= 11 is 1.88. The molecule has 1 aromatic heterocycles. The van der Waals surface area contributed by atoms with Crippen LogP contribution in [0.25, 0.3) is 73.3 Å². The SMILES string of the molecule is C1=Cc2cc(-c3nc(-c4ccccc4)nc(-c4cccc(-c5cccc6c5Sc5ccccc5C65c6ccccc6-c6ccccc65)c4)n3)cc3cccc(c23)C1. The van der Waals surface area contributed by atoms with E-state index in [2.05, 4.69) is 170 Å². The van der Waals surface area contributed by atoms with E-state index in [0.29, 0.717) is 17.5 Å². The summed E-state index contributed by atoms with van der Waals surface area (Å²) in [6.07, 6.45) is 5.42. The lowest BCUT2D eigenvalue weighted by Crippen LogP contribution is -2.32. The Hall–Kier alpha value is -6.88. The first-order valence-electron chi connectivity index (χ1n) is 19.5. The van der Waals surface area contributed by atoms with Gasteiger partial charge < -0.3 is 0 Å². The predicted octanol–water partition coefficient (Wildman–Crippen LogP) is 13.1. The highest BCUT2D eigenvalue weighted by atomic mass is 32.2. The molecule has 0 saturated carbocycles. The lowest BCUT2D eigenvalue weighted by atomic mass is 9.67. The monoisotopic (exact) mass is 743 g/mol. The van der Waals surface area contributed by atoms with Gasteiger partial charge in [0.05, 0.1) is 5.41 Å². The zero-order valence-electron chi connectivity index (χ0n) is 30.9. The van der Waals surface area contributed by atoms with Crippen LogP contribution in [0.3, 0.4) is 0 Å². The highest BCUT2D eigenvalue weighted by Crippen LogP contribution is 2.63. The molecule has 0 amide bonds. The number of aromatic nitrogens is 3. The van der Waals surface area contributed by atoms with Crippen LogP contribution < -0.4 is 0 Å². The Morgan fingerprint density at radius 3 is 1.84 bits per heavy atom. The van der Waals surface area contributed by atoms with E-state index in [1.807, 2.05) is 30.0 Å². The van der Waals surface area contributed by atoms with Gasteiger partial charge in [0.15, 0.2) is 17.5 Å². The number of hydrogen-bond donors (Lipinski definition) is 0. The van der Waals surface area contributed by atoms with Crippen molar-refractivity contribution in [1.29, 1.82) is 0 Å². The normalized spacial score (nSPS) is 13.9. The second kappa shape index (κ2) is 12.6. The van der Waals surface area contributed by atoms with Crippen LogP contribution in [0, 0.1) is 0 Å². The second-order valence-corrected chi connectivity index (χ2v) is 16.1. The largest absolute Gasteiger partial charge is 0.208 e. The number of nitrogens with zero attached hydrogens (tertiary/aromatic N) is 3. The maximum atomic E-state index is 5.23. The van der Waals surface area contributed by atoms with Gasteiger partial charge in [-0.2, -0.15) is 0 Å². The molecule has 12 rings (SSSR count). The molecule has 1 aliphatic heterocycles. The molecule has 0 radical (unpaired) electrons. The van der Waals surface area contributed by atoms with E-state index in [1.165, 1.54) is 70.6 Å². The molecule has 2 aliphatic carbocycles. The first-order chi connectivity index (χ1) is 28.2. The lowest BCUT2D eigenvalue weighted by Gasteiger charge is -2.40. The van der Waals surface area contributed by atoms with Gasteiger partial charge in [-0.05, 0) is 97.1 Å². The Morgan fingerprint density at radius 2 is 1.04 bits per heavy atom. The van der Waals surface area contributed by atoms with Gasteiger partial charge in [0.1, 0.15) is 0 Å². The Balaban J connectivity index is 1.05. The van der Waals surface area contributed by atoms with Crippen LogP contribution in [0.2, 0.25) is 0 Å². The van der Waals surface area contributed by atoms with Crippen molar-refractivity contribution in [2.75, 3.05) is 0 Å². The van der Waals surface area contributed by atoms with Crippen LogP contribution in [0.15, 0.2) is 192 Å². The van der Waals surface area contributed by atoms with Crippen molar-refractivity contribution in [1.82, 2.24) is 15.0 Å². The molecule has 2 heterocycles. The average molecular weight is 744 g/mol. The molecule has 0 atom stereocenters. The summed E-state index contributed by atoms with van der Waals surface area (Å²) < 4.78 is 0. The van der Waals surface area contributed by atoms with Crippen LogP contribution in [-0.4, -0.2) is 15.0 Å². The van der Waals surface area contributed by atoms with Crippen molar-refractivity contribution in [3.05, 3.63) is 215 Å². The fourth-order valence-electron chi connectivity index (χ4n) is 9.57. The van der Waals surface area contributed by atoms with E-state index in [9.17, 15) is 0 Å². The molecular weight excluding hydrogens is 711 g/mol.